The Balaban J connectivity index is 2.52. The number of unbranched alkanes of at least 4 members (excludes halogenated alkanes) is 2. The number of sulfone groups is 1. The van der Waals surface area contributed by atoms with Gasteiger partial charge in [-0.1, -0.05) is 18.6 Å². The van der Waals surface area contributed by atoms with Gasteiger partial charge < -0.3 is 5.32 Å². The average molecular weight is 396 g/mol. The highest BCUT2D eigenvalue weighted by atomic mass is 32.2. The van der Waals surface area contributed by atoms with Crippen LogP contribution in [0.25, 0.3) is 0 Å². The van der Waals surface area contributed by atoms with Crippen LogP contribution in [0.1, 0.15) is 74.9 Å². The van der Waals surface area contributed by atoms with Crippen molar-refractivity contribution in [2.75, 3.05) is 5.75 Å². The summed E-state index contributed by atoms with van der Waals surface area (Å²) in [6.45, 7) is 9.07. The van der Waals surface area contributed by atoms with Crippen molar-refractivity contribution in [1.29, 1.82) is 0 Å². The lowest BCUT2D eigenvalue weighted by molar-refractivity contribution is -0.118. The van der Waals surface area contributed by atoms with Gasteiger partial charge in [-0.15, -0.1) is 0 Å². The maximum atomic E-state index is 12.3. The van der Waals surface area contributed by atoms with E-state index in [2.05, 4.69) is 5.32 Å². The number of hydrogen-bond donors (Lipinski definition) is 1. The lowest BCUT2D eigenvalue weighted by Gasteiger charge is -2.13. The topological polar surface area (TPSA) is 80.3 Å². The minimum absolute atomic E-state index is 0.0571. The maximum absolute atomic E-state index is 12.3. The molecule has 0 atom stereocenters. The molecular formula is C21H33NO4S. The third kappa shape index (κ3) is 7.83. The van der Waals surface area contributed by atoms with Crippen LogP contribution in [0, 0.1) is 6.92 Å². The molecule has 0 aliphatic rings. The third-order valence-corrected chi connectivity index (χ3v) is 6.89. The molecule has 27 heavy (non-hydrogen) atoms. The summed E-state index contributed by atoms with van der Waals surface area (Å²) in [5.41, 5.74) is 2.32. The van der Waals surface area contributed by atoms with Gasteiger partial charge in [0, 0.05) is 24.4 Å². The molecule has 152 valence electrons. The molecule has 0 bridgehead atoms. The van der Waals surface area contributed by atoms with Crippen LogP contribution in [0.5, 0.6) is 0 Å². The molecule has 0 spiro atoms. The van der Waals surface area contributed by atoms with E-state index < -0.39 is 9.84 Å². The number of carbonyl (C=O) groups is 2. The molecule has 0 unspecified atom stereocenters. The molecule has 0 saturated heterocycles. The molecule has 1 aromatic rings. The molecular weight excluding hydrogens is 362 g/mol. The predicted molar refractivity (Wildman–Crippen MR) is 110 cm³/mol. The molecule has 0 saturated carbocycles. The third-order valence-electron chi connectivity index (χ3n) is 4.60. The number of carbonyl (C=O) groups excluding carboxylic acids is 2. The van der Waals surface area contributed by atoms with Crippen LogP contribution in [0.3, 0.4) is 0 Å². The number of amides is 1. The van der Waals surface area contributed by atoms with Crippen LogP contribution in [-0.4, -0.2) is 37.2 Å². The Labute approximate surface area is 163 Å². The van der Waals surface area contributed by atoms with Gasteiger partial charge in [-0.3, -0.25) is 9.59 Å². The van der Waals surface area contributed by atoms with Crippen LogP contribution in [0.15, 0.2) is 18.2 Å². The zero-order valence-corrected chi connectivity index (χ0v) is 18.0. The highest BCUT2D eigenvalue weighted by Gasteiger charge is 2.16. The number of Topliss-reactive ketones (excluding diaryl/α,β-unsaturated/α-hetero) is 1. The van der Waals surface area contributed by atoms with Crippen molar-refractivity contribution in [2.24, 2.45) is 0 Å². The van der Waals surface area contributed by atoms with E-state index in [9.17, 15) is 18.0 Å². The van der Waals surface area contributed by atoms with Crippen molar-refractivity contribution >= 4 is 21.5 Å². The first-order valence-electron chi connectivity index (χ1n) is 9.67. The van der Waals surface area contributed by atoms with Gasteiger partial charge >= 0.3 is 0 Å². The molecule has 1 amide bonds. The number of ketones is 1. The molecule has 0 aliphatic carbocycles. The zero-order valence-electron chi connectivity index (χ0n) is 17.2. The Hall–Kier alpha value is -1.69. The minimum atomic E-state index is -3.00. The molecule has 0 radical (unpaired) electrons. The van der Waals surface area contributed by atoms with E-state index in [4.69, 9.17) is 0 Å². The van der Waals surface area contributed by atoms with E-state index in [0.717, 1.165) is 17.5 Å². The number of nitrogens with one attached hydrogen (secondary N) is 1. The second-order valence-electron chi connectivity index (χ2n) is 7.66. The standard InChI is InChI=1S/C21H33NO4S/c1-15(2)22-21(24)20-12-9-10-18(17(20)5)14-19(23)11-7-6-8-13-27(25,26)16(3)4/h9-10,12,15-16H,6-8,11,13-14H2,1-5H3,(H,22,24). The lowest BCUT2D eigenvalue weighted by Crippen LogP contribution is -2.30. The van der Waals surface area contributed by atoms with Gasteiger partial charge in [-0.05, 0) is 64.7 Å². The number of hydrogen-bond acceptors (Lipinski definition) is 4. The van der Waals surface area contributed by atoms with Gasteiger partial charge in [-0.2, -0.15) is 0 Å². The van der Waals surface area contributed by atoms with Crippen molar-refractivity contribution in [3.05, 3.63) is 34.9 Å². The molecule has 0 aromatic heterocycles. The second kappa shape index (κ2) is 10.6. The van der Waals surface area contributed by atoms with Crippen molar-refractivity contribution in [1.82, 2.24) is 5.32 Å². The normalized spacial score (nSPS) is 11.8. The van der Waals surface area contributed by atoms with Gasteiger partial charge in [-0.25, -0.2) is 8.42 Å². The molecule has 5 nitrogen and oxygen atoms in total. The summed E-state index contributed by atoms with van der Waals surface area (Å²) in [5, 5.41) is 2.53. The van der Waals surface area contributed by atoms with Gasteiger partial charge in [0.2, 0.25) is 0 Å². The fourth-order valence-electron chi connectivity index (χ4n) is 2.80. The van der Waals surface area contributed by atoms with E-state index in [1.807, 2.05) is 32.9 Å². The van der Waals surface area contributed by atoms with Gasteiger partial charge in [0.05, 0.1) is 11.0 Å². The summed E-state index contributed by atoms with van der Waals surface area (Å²) >= 11 is 0. The van der Waals surface area contributed by atoms with Crippen molar-refractivity contribution in [3.63, 3.8) is 0 Å². The average Bonchev–Trinajstić information content (AvgIpc) is 2.55. The van der Waals surface area contributed by atoms with E-state index in [-0.39, 0.29) is 28.7 Å². The first-order valence-corrected chi connectivity index (χ1v) is 11.4. The molecule has 1 aromatic carbocycles. The Bertz CT molecular complexity index is 751. The largest absolute Gasteiger partial charge is 0.350 e. The van der Waals surface area contributed by atoms with Gasteiger partial charge in [0.15, 0.2) is 9.84 Å². The minimum Gasteiger partial charge on any atom is -0.350 e. The van der Waals surface area contributed by atoms with Crippen LogP contribution in [0.2, 0.25) is 0 Å². The second-order valence-corrected chi connectivity index (χ2v) is 10.3. The highest BCUT2D eigenvalue weighted by molar-refractivity contribution is 7.91. The summed E-state index contributed by atoms with van der Waals surface area (Å²) in [5.74, 6) is 0.180. The summed E-state index contributed by atoms with van der Waals surface area (Å²) in [6.07, 6.45) is 2.76. The molecule has 0 heterocycles. The van der Waals surface area contributed by atoms with E-state index in [1.165, 1.54) is 0 Å². The first kappa shape index (κ1) is 23.3. The summed E-state index contributed by atoms with van der Waals surface area (Å²) < 4.78 is 23.5. The molecule has 0 aliphatic heterocycles. The molecule has 6 heteroatoms. The molecule has 1 rings (SSSR count). The van der Waals surface area contributed by atoms with Crippen LogP contribution >= 0.6 is 0 Å². The monoisotopic (exact) mass is 395 g/mol. The van der Waals surface area contributed by atoms with Crippen LogP contribution in [0.4, 0.5) is 0 Å². The molecule has 1 N–H and O–H groups in total. The molecule has 0 fully saturated rings. The summed E-state index contributed by atoms with van der Waals surface area (Å²) in [7, 11) is -3.00. The highest BCUT2D eigenvalue weighted by Crippen LogP contribution is 2.16. The smallest absolute Gasteiger partial charge is 0.251 e. The Morgan fingerprint density at radius 2 is 1.70 bits per heavy atom. The Morgan fingerprint density at radius 3 is 2.30 bits per heavy atom. The van der Waals surface area contributed by atoms with Gasteiger partial charge in [0.25, 0.3) is 5.91 Å². The zero-order chi connectivity index (χ0) is 20.6. The lowest BCUT2D eigenvalue weighted by atomic mass is 9.96. The van der Waals surface area contributed by atoms with Crippen LogP contribution < -0.4 is 5.32 Å². The Kier molecular flexibility index (Phi) is 9.16. The van der Waals surface area contributed by atoms with Crippen molar-refractivity contribution < 1.29 is 18.0 Å². The quantitative estimate of drug-likeness (QED) is 0.580. The number of benzene rings is 1. The van der Waals surface area contributed by atoms with Crippen LogP contribution in [-0.2, 0) is 21.1 Å². The Morgan fingerprint density at radius 1 is 1.04 bits per heavy atom. The maximum Gasteiger partial charge on any atom is 0.251 e. The first-order chi connectivity index (χ1) is 12.5. The van der Waals surface area contributed by atoms with Crippen molar-refractivity contribution in [3.8, 4) is 0 Å². The SMILES string of the molecule is Cc1c(CC(=O)CCCCCS(=O)(=O)C(C)C)cccc1C(=O)NC(C)C. The predicted octanol–water partition coefficient (Wildman–Crippen LogP) is 3.63. The van der Waals surface area contributed by atoms with Crippen molar-refractivity contribution in [2.45, 2.75) is 78.0 Å². The van der Waals surface area contributed by atoms with E-state index in [0.29, 0.717) is 31.2 Å². The fraction of sp³-hybridized carbons (Fsp3) is 0.619. The summed E-state index contributed by atoms with van der Waals surface area (Å²) in [6, 6.07) is 5.52. The van der Waals surface area contributed by atoms with E-state index >= 15 is 0 Å². The summed E-state index contributed by atoms with van der Waals surface area (Å²) in [4.78, 5) is 24.5. The number of rotatable bonds is 11. The van der Waals surface area contributed by atoms with E-state index in [1.54, 1.807) is 19.9 Å². The fourth-order valence-corrected chi connectivity index (χ4v) is 3.88. The van der Waals surface area contributed by atoms with Gasteiger partial charge in [0.1, 0.15) is 5.78 Å².